The first kappa shape index (κ1) is 14.6. The molecule has 0 amide bonds. The second-order valence-corrected chi connectivity index (χ2v) is 7.04. The van der Waals surface area contributed by atoms with Crippen LogP contribution in [0.3, 0.4) is 0 Å². The Morgan fingerprint density at radius 2 is 2.29 bits per heavy atom. The molecule has 1 saturated heterocycles. The summed E-state index contributed by atoms with van der Waals surface area (Å²) < 4.78 is 0. The van der Waals surface area contributed by atoms with Crippen molar-refractivity contribution in [1.82, 2.24) is 4.90 Å². The van der Waals surface area contributed by atoms with Gasteiger partial charge in [0.05, 0.1) is 0 Å². The topological polar surface area (TPSA) is 23.5 Å². The SMILES string of the molecule is C=CCCCN1CC[C@]2(C)c3cc(O)ccc3C[C@H]1[C@@H]2C. The smallest absolute Gasteiger partial charge is 0.115 e. The number of hydrogen-bond donors (Lipinski definition) is 1. The van der Waals surface area contributed by atoms with Crippen molar-refractivity contribution in [3.05, 3.63) is 42.0 Å². The lowest BCUT2D eigenvalue weighted by molar-refractivity contribution is 0.0309. The largest absolute Gasteiger partial charge is 0.508 e. The summed E-state index contributed by atoms with van der Waals surface area (Å²) in [6.45, 7) is 11.0. The number of piperidine rings is 1. The number of aromatic hydroxyl groups is 1. The Balaban J connectivity index is 1.88. The van der Waals surface area contributed by atoms with Crippen molar-refractivity contribution in [1.29, 1.82) is 0 Å². The summed E-state index contributed by atoms with van der Waals surface area (Å²) in [5, 5.41) is 9.86. The van der Waals surface area contributed by atoms with Crippen molar-refractivity contribution in [2.45, 2.75) is 51.0 Å². The number of rotatable bonds is 4. The summed E-state index contributed by atoms with van der Waals surface area (Å²) in [7, 11) is 0. The van der Waals surface area contributed by atoms with E-state index in [1.54, 1.807) is 0 Å². The molecule has 0 saturated carbocycles. The quantitative estimate of drug-likeness (QED) is 0.670. The number of likely N-dealkylation sites (tertiary alicyclic amines) is 1. The van der Waals surface area contributed by atoms with Crippen LogP contribution in [0.4, 0.5) is 0 Å². The number of phenolic OH excluding ortho intramolecular Hbond substituents is 1. The van der Waals surface area contributed by atoms with Crippen LogP contribution < -0.4 is 0 Å². The zero-order chi connectivity index (χ0) is 15.0. The molecule has 0 unspecified atom stereocenters. The van der Waals surface area contributed by atoms with Crippen LogP contribution in [0.15, 0.2) is 30.9 Å². The number of allylic oxidation sites excluding steroid dienone is 1. The molecule has 0 radical (unpaired) electrons. The van der Waals surface area contributed by atoms with Gasteiger partial charge in [0, 0.05) is 6.04 Å². The van der Waals surface area contributed by atoms with Crippen molar-refractivity contribution in [3.8, 4) is 5.75 Å². The van der Waals surface area contributed by atoms with Gasteiger partial charge in [0.15, 0.2) is 0 Å². The van der Waals surface area contributed by atoms with E-state index in [2.05, 4.69) is 31.4 Å². The first-order valence-corrected chi connectivity index (χ1v) is 8.23. The highest BCUT2D eigenvalue weighted by Crippen LogP contribution is 2.49. The van der Waals surface area contributed by atoms with Gasteiger partial charge in [-0.3, -0.25) is 4.90 Å². The van der Waals surface area contributed by atoms with Crippen LogP contribution in [-0.4, -0.2) is 29.1 Å². The average molecular weight is 285 g/mol. The van der Waals surface area contributed by atoms with Crippen LogP contribution in [0.1, 0.15) is 44.2 Å². The van der Waals surface area contributed by atoms with E-state index in [0.29, 0.717) is 17.7 Å². The summed E-state index contributed by atoms with van der Waals surface area (Å²) in [5.41, 5.74) is 3.04. The predicted molar refractivity (Wildman–Crippen MR) is 87.7 cm³/mol. The van der Waals surface area contributed by atoms with Crippen LogP contribution in [0.5, 0.6) is 5.75 Å². The Labute approximate surface area is 128 Å². The van der Waals surface area contributed by atoms with Crippen LogP contribution >= 0.6 is 0 Å². The number of benzene rings is 1. The molecule has 2 heteroatoms. The van der Waals surface area contributed by atoms with E-state index in [1.807, 2.05) is 18.2 Å². The molecule has 3 atom stereocenters. The number of unbranched alkanes of at least 4 members (excludes halogenated alkanes) is 1. The Morgan fingerprint density at radius 1 is 1.48 bits per heavy atom. The fourth-order valence-electron chi connectivity index (χ4n) is 4.41. The molecule has 2 bridgehead atoms. The van der Waals surface area contributed by atoms with E-state index in [1.165, 1.54) is 37.1 Å². The fourth-order valence-corrected chi connectivity index (χ4v) is 4.41. The fraction of sp³-hybridized carbons (Fsp3) is 0.579. The molecular formula is C19H27NO. The number of hydrogen-bond acceptors (Lipinski definition) is 2. The van der Waals surface area contributed by atoms with Gasteiger partial charge in [-0.2, -0.15) is 0 Å². The number of phenols is 1. The van der Waals surface area contributed by atoms with Gasteiger partial charge in [-0.05, 0) is 73.4 Å². The zero-order valence-corrected chi connectivity index (χ0v) is 13.3. The summed E-state index contributed by atoms with van der Waals surface area (Å²) >= 11 is 0. The predicted octanol–water partition coefficient (Wildman–Crippen LogP) is 3.88. The highest BCUT2D eigenvalue weighted by Gasteiger charge is 2.48. The highest BCUT2D eigenvalue weighted by atomic mass is 16.3. The lowest BCUT2D eigenvalue weighted by Crippen LogP contribution is -2.58. The van der Waals surface area contributed by atoms with Crippen LogP contribution in [0.2, 0.25) is 0 Å². The summed E-state index contributed by atoms with van der Waals surface area (Å²) in [5.74, 6) is 1.05. The van der Waals surface area contributed by atoms with Gasteiger partial charge in [0.25, 0.3) is 0 Å². The summed E-state index contributed by atoms with van der Waals surface area (Å²) in [6, 6.07) is 6.63. The van der Waals surface area contributed by atoms with Crippen molar-refractivity contribution < 1.29 is 5.11 Å². The van der Waals surface area contributed by atoms with Gasteiger partial charge >= 0.3 is 0 Å². The maximum atomic E-state index is 9.86. The molecule has 114 valence electrons. The third-order valence-electron chi connectivity index (χ3n) is 5.96. The van der Waals surface area contributed by atoms with E-state index in [0.717, 1.165) is 12.8 Å². The average Bonchev–Trinajstić information content (AvgIpc) is 2.46. The third kappa shape index (κ3) is 2.40. The maximum Gasteiger partial charge on any atom is 0.115 e. The third-order valence-corrected chi connectivity index (χ3v) is 5.96. The normalized spacial score (nSPS) is 31.7. The van der Waals surface area contributed by atoms with Crippen LogP contribution in [0.25, 0.3) is 0 Å². The monoisotopic (exact) mass is 285 g/mol. The van der Waals surface area contributed by atoms with E-state index >= 15 is 0 Å². The first-order valence-electron chi connectivity index (χ1n) is 8.23. The minimum Gasteiger partial charge on any atom is -0.508 e. The maximum absolute atomic E-state index is 9.86. The molecule has 1 aliphatic heterocycles. The molecule has 0 spiro atoms. The second-order valence-electron chi connectivity index (χ2n) is 7.04. The van der Waals surface area contributed by atoms with Crippen LogP contribution in [0, 0.1) is 5.92 Å². The zero-order valence-electron chi connectivity index (χ0n) is 13.3. The van der Waals surface area contributed by atoms with Crippen molar-refractivity contribution in [2.24, 2.45) is 5.92 Å². The lowest BCUT2D eigenvalue weighted by Gasteiger charge is -2.54. The molecule has 3 rings (SSSR count). The van der Waals surface area contributed by atoms with E-state index in [9.17, 15) is 5.11 Å². The van der Waals surface area contributed by atoms with Crippen LogP contribution in [-0.2, 0) is 11.8 Å². The molecule has 1 heterocycles. The Morgan fingerprint density at radius 3 is 3.05 bits per heavy atom. The van der Waals surface area contributed by atoms with Gasteiger partial charge in [-0.1, -0.05) is 26.0 Å². The number of fused-ring (bicyclic) bond motifs is 4. The van der Waals surface area contributed by atoms with E-state index in [4.69, 9.17) is 0 Å². The van der Waals surface area contributed by atoms with Gasteiger partial charge < -0.3 is 5.11 Å². The lowest BCUT2D eigenvalue weighted by atomic mass is 9.59. The molecule has 1 fully saturated rings. The molecule has 1 aromatic carbocycles. The molecule has 21 heavy (non-hydrogen) atoms. The summed E-state index contributed by atoms with van der Waals surface area (Å²) in [6.07, 6.45) is 6.66. The van der Waals surface area contributed by atoms with Gasteiger partial charge in [0.1, 0.15) is 5.75 Å². The second kappa shape index (κ2) is 5.49. The minimum absolute atomic E-state index is 0.214. The Bertz CT molecular complexity index is 538. The Hall–Kier alpha value is -1.28. The van der Waals surface area contributed by atoms with Crippen molar-refractivity contribution in [3.63, 3.8) is 0 Å². The molecule has 1 N–H and O–H groups in total. The van der Waals surface area contributed by atoms with Crippen molar-refractivity contribution in [2.75, 3.05) is 13.1 Å². The van der Waals surface area contributed by atoms with Gasteiger partial charge in [-0.15, -0.1) is 6.58 Å². The minimum atomic E-state index is 0.214. The molecule has 1 aliphatic carbocycles. The van der Waals surface area contributed by atoms with E-state index < -0.39 is 0 Å². The molecule has 2 nitrogen and oxygen atoms in total. The van der Waals surface area contributed by atoms with Gasteiger partial charge in [-0.25, -0.2) is 0 Å². The summed E-state index contributed by atoms with van der Waals surface area (Å²) in [4.78, 5) is 2.69. The standard InChI is InChI=1S/C19H27NO/c1-4-5-6-10-20-11-9-19(3)14(2)18(20)12-15-7-8-16(21)13-17(15)19/h4,7-8,13-14,18,21H,1,5-6,9-12H2,2-3H3/t14-,18-,19-/m0/s1. The Kier molecular flexibility index (Phi) is 3.83. The molecule has 1 aromatic rings. The molecular weight excluding hydrogens is 258 g/mol. The highest BCUT2D eigenvalue weighted by molar-refractivity contribution is 5.44. The van der Waals surface area contributed by atoms with E-state index in [-0.39, 0.29) is 5.41 Å². The first-order chi connectivity index (χ1) is 10.1. The van der Waals surface area contributed by atoms with Crippen molar-refractivity contribution >= 4 is 0 Å². The number of nitrogens with zero attached hydrogens (tertiary/aromatic N) is 1. The van der Waals surface area contributed by atoms with Gasteiger partial charge in [0.2, 0.25) is 0 Å². The molecule has 2 aliphatic rings. The molecule has 0 aromatic heterocycles.